The van der Waals surface area contributed by atoms with Gasteiger partial charge in [-0.3, -0.25) is 9.20 Å². The number of aryl methyl sites for hydroxylation is 1. The second-order valence-corrected chi connectivity index (χ2v) is 5.79. The summed E-state index contributed by atoms with van der Waals surface area (Å²) < 4.78 is 12.9. The van der Waals surface area contributed by atoms with Crippen molar-refractivity contribution in [3.05, 3.63) is 29.7 Å². The molecule has 1 N–H and O–H groups in total. The van der Waals surface area contributed by atoms with Crippen LogP contribution < -0.4 is 10.1 Å². The summed E-state index contributed by atoms with van der Waals surface area (Å²) in [6.45, 7) is 9.70. The van der Waals surface area contributed by atoms with Crippen molar-refractivity contribution in [2.75, 3.05) is 19.8 Å². The lowest BCUT2D eigenvalue weighted by molar-refractivity contribution is 0.0756. The fourth-order valence-corrected chi connectivity index (χ4v) is 2.52. The number of nitrogens with zero attached hydrogens (tertiary/aromatic N) is 2. The molecule has 0 aliphatic carbocycles. The number of nitrogens with one attached hydrogen (secondary N) is 1. The first-order chi connectivity index (χ1) is 11.6. The molecule has 0 aromatic carbocycles. The fourth-order valence-electron chi connectivity index (χ4n) is 2.52. The molecule has 0 fully saturated rings. The van der Waals surface area contributed by atoms with Crippen molar-refractivity contribution in [2.24, 2.45) is 0 Å². The quantitative estimate of drug-likeness (QED) is 0.717. The van der Waals surface area contributed by atoms with Crippen molar-refractivity contribution in [1.29, 1.82) is 0 Å². The Morgan fingerprint density at radius 1 is 1.38 bits per heavy atom. The van der Waals surface area contributed by atoms with Gasteiger partial charge in [0.1, 0.15) is 5.69 Å². The van der Waals surface area contributed by atoms with Crippen LogP contribution in [0.15, 0.2) is 18.3 Å². The lowest BCUT2D eigenvalue weighted by Gasteiger charge is -2.09. The number of carbonyl (C=O) groups excluding carboxylic acids is 1. The van der Waals surface area contributed by atoms with Gasteiger partial charge in [0, 0.05) is 19.3 Å². The van der Waals surface area contributed by atoms with E-state index in [0.717, 1.165) is 12.1 Å². The van der Waals surface area contributed by atoms with E-state index in [-0.39, 0.29) is 12.0 Å². The normalized spacial score (nSPS) is 11.2. The van der Waals surface area contributed by atoms with E-state index in [1.165, 1.54) is 0 Å². The maximum Gasteiger partial charge on any atom is 0.270 e. The van der Waals surface area contributed by atoms with E-state index in [2.05, 4.69) is 10.3 Å². The molecule has 24 heavy (non-hydrogen) atoms. The molecule has 0 aliphatic rings. The van der Waals surface area contributed by atoms with Crippen molar-refractivity contribution in [2.45, 2.75) is 46.6 Å². The van der Waals surface area contributed by atoms with Gasteiger partial charge in [0.25, 0.3) is 5.91 Å². The summed E-state index contributed by atoms with van der Waals surface area (Å²) in [4.78, 5) is 17.2. The zero-order valence-corrected chi connectivity index (χ0v) is 15.0. The van der Waals surface area contributed by atoms with Gasteiger partial charge in [-0.1, -0.05) is 6.92 Å². The Kier molecular flexibility index (Phi) is 6.61. The molecule has 0 spiro atoms. The Labute approximate surface area is 143 Å². The van der Waals surface area contributed by atoms with Gasteiger partial charge in [-0.05, 0) is 45.7 Å². The minimum atomic E-state index is -0.113. The third-order valence-corrected chi connectivity index (χ3v) is 3.59. The average Bonchev–Trinajstić information content (AvgIpc) is 2.94. The molecule has 0 atom stereocenters. The number of rotatable bonds is 9. The number of pyridine rings is 1. The number of ether oxygens (including phenoxy) is 2. The monoisotopic (exact) mass is 333 g/mol. The standard InChI is InChI=1S/C18H27N3O3/c1-5-14-16(18(22)19-10-8-12-24-13(3)4)21-11-7-9-15(23-6-2)17(21)20-14/h7,9,11,13H,5-6,8,10,12H2,1-4H3,(H,19,22). The Hall–Kier alpha value is -2.08. The van der Waals surface area contributed by atoms with Gasteiger partial charge in [0.15, 0.2) is 11.4 Å². The van der Waals surface area contributed by atoms with Gasteiger partial charge in [-0.2, -0.15) is 0 Å². The maximum atomic E-state index is 12.6. The van der Waals surface area contributed by atoms with Crippen LogP contribution in [-0.2, 0) is 11.2 Å². The molecule has 6 heteroatoms. The van der Waals surface area contributed by atoms with Gasteiger partial charge in [0.2, 0.25) is 0 Å². The number of amides is 1. The first-order valence-corrected chi connectivity index (χ1v) is 8.61. The molecule has 0 unspecified atom stereocenters. The van der Waals surface area contributed by atoms with E-state index < -0.39 is 0 Å². The Bertz CT molecular complexity index is 679. The van der Waals surface area contributed by atoms with E-state index in [1.807, 2.05) is 50.4 Å². The molecule has 2 aromatic rings. The molecule has 132 valence electrons. The van der Waals surface area contributed by atoms with Gasteiger partial charge >= 0.3 is 0 Å². The molecule has 2 aromatic heterocycles. The van der Waals surface area contributed by atoms with Crippen molar-refractivity contribution in [3.63, 3.8) is 0 Å². The number of fused-ring (bicyclic) bond motifs is 1. The highest BCUT2D eigenvalue weighted by Crippen LogP contribution is 2.22. The van der Waals surface area contributed by atoms with Crippen LogP contribution in [0.25, 0.3) is 5.65 Å². The zero-order valence-electron chi connectivity index (χ0n) is 15.0. The molecule has 0 radical (unpaired) electrons. The van der Waals surface area contributed by atoms with Crippen molar-refractivity contribution in [3.8, 4) is 5.75 Å². The minimum absolute atomic E-state index is 0.113. The summed E-state index contributed by atoms with van der Waals surface area (Å²) in [6, 6.07) is 3.74. The van der Waals surface area contributed by atoms with E-state index >= 15 is 0 Å². The van der Waals surface area contributed by atoms with Crippen LogP contribution in [0.1, 0.15) is 50.3 Å². The molecule has 2 rings (SSSR count). The summed E-state index contributed by atoms with van der Waals surface area (Å²) in [5.41, 5.74) is 2.04. The zero-order chi connectivity index (χ0) is 17.5. The molecule has 6 nitrogen and oxygen atoms in total. The minimum Gasteiger partial charge on any atom is -0.490 e. The molecule has 0 bridgehead atoms. The van der Waals surface area contributed by atoms with Crippen molar-refractivity contribution in [1.82, 2.24) is 14.7 Å². The number of hydrogen-bond acceptors (Lipinski definition) is 4. The molecular formula is C18H27N3O3. The first kappa shape index (κ1) is 18.3. The summed E-state index contributed by atoms with van der Waals surface area (Å²) >= 11 is 0. The molecule has 0 saturated carbocycles. The topological polar surface area (TPSA) is 64.9 Å². The lowest BCUT2D eigenvalue weighted by atomic mass is 10.2. The van der Waals surface area contributed by atoms with Crippen LogP contribution in [0.2, 0.25) is 0 Å². The largest absolute Gasteiger partial charge is 0.490 e. The third-order valence-electron chi connectivity index (χ3n) is 3.59. The fraction of sp³-hybridized carbons (Fsp3) is 0.556. The molecule has 1 amide bonds. The number of aromatic nitrogens is 2. The Morgan fingerprint density at radius 3 is 2.83 bits per heavy atom. The third kappa shape index (κ3) is 4.26. The number of carbonyl (C=O) groups is 1. The van der Waals surface area contributed by atoms with E-state index in [1.54, 1.807) is 0 Å². The summed E-state index contributed by atoms with van der Waals surface area (Å²) in [5, 5.41) is 2.96. The Balaban J connectivity index is 2.15. The highest BCUT2D eigenvalue weighted by Gasteiger charge is 2.19. The van der Waals surface area contributed by atoms with Crippen molar-refractivity contribution >= 4 is 11.6 Å². The second kappa shape index (κ2) is 8.68. The van der Waals surface area contributed by atoms with Crippen LogP contribution in [0.3, 0.4) is 0 Å². The van der Waals surface area contributed by atoms with Crippen LogP contribution in [0.5, 0.6) is 5.75 Å². The number of hydrogen-bond donors (Lipinski definition) is 1. The highest BCUT2D eigenvalue weighted by molar-refractivity contribution is 5.95. The summed E-state index contributed by atoms with van der Waals surface area (Å²) in [5.74, 6) is 0.580. The number of imidazole rings is 1. The Morgan fingerprint density at radius 2 is 2.17 bits per heavy atom. The average molecular weight is 333 g/mol. The molecule has 0 saturated heterocycles. The predicted octanol–water partition coefficient (Wildman–Crippen LogP) is 2.84. The lowest BCUT2D eigenvalue weighted by Crippen LogP contribution is -2.27. The van der Waals surface area contributed by atoms with Crippen LogP contribution >= 0.6 is 0 Å². The molecule has 2 heterocycles. The van der Waals surface area contributed by atoms with Crippen LogP contribution in [0, 0.1) is 0 Å². The van der Waals surface area contributed by atoms with Crippen LogP contribution in [-0.4, -0.2) is 41.2 Å². The van der Waals surface area contributed by atoms with E-state index in [9.17, 15) is 4.79 Å². The molecule has 0 aliphatic heterocycles. The molecular weight excluding hydrogens is 306 g/mol. The van der Waals surface area contributed by atoms with E-state index in [4.69, 9.17) is 9.47 Å². The smallest absolute Gasteiger partial charge is 0.270 e. The van der Waals surface area contributed by atoms with Crippen molar-refractivity contribution < 1.29 is 14.3 Å². The van der Waals surface area contributed by atoms with Gasteiger partial charge in [-0.15, -0.1) is 0 Å². The second-order valence-electron chi connectivity index (χ2n) is 5.79. The van der Waals surface area contributed by atoms with E-state index in [0.29, 0.717) is 43.3 Å². The van der Waals surface area contributed by atoms with Gasteiger partial charge in [0.05, 0.1) is 18.4 Å². The predicted molar refractivity (Wildman–Crippen MR) is 93.8 cm³/mol. The van der Waals surface area contributed by atoms with Gasteiger partial charge < -0.3 is 14.8 Å². The maximum absolute atomic E-state index is 12.6. The first-order valence-electron chi connectivity index (χ1n) is 8.61. The summed E-state index contributed by atoms with van der Waals surface area (Å²) in [7, 11) is 0. The van der Waals surface area contributed by atoms with Gasteiger partial charge in [-0.25, -0.2) is 4.98 Å². The summed E-state index contributed by atoms with van der Waals surface area (Å²) in [6.07, 6.45) is 3.53. The van der Waals surface area contributed by atoms with Crippen LogP contribution in [0.4, 0.5) is 0 Å². The highest BCUT2D eigenvalue weighted by atomic mass is 16.5. The SMILES string of the molecule is CCOc1cccn2c(C(=O)NCCCOC(C)C)c(CC)nc12.